The maximum atomic E-state index is 13.2. The fourth-order valence-electron chi connectivity index (χ4n) is 3.10. The van der Waals surface area contributed by atoms with Crippen LogP contribution in [0, 0.1) is 0 Å². The van der Waals surface area contributed by atoms with Gasteiger partial charge < -0.3 is 9.47 Å². The molecule has 1 amide bonds. The monoisotopic (exact) mass is 397 g/mol. The Balaban J connectivity index is 2.09. The van der Waals surface area contributed by atoms with Gasteiger partial charge in [0.2, 0.25) is 0 Å². The van der Waals surface area contributed by atoms with Crippen LogP contribution in [0.25, 0.3) is 6.08 Å². The fraction of sp³-hybridized carbons (Fsp3) is 0.182. The first kappa shape index (κ1) is 19.7. The van der Waals surface area contributed by atoms with Crippen LogP contribution in [0.1, 0.15) is 19.4 Å². The molecule has 2 aromatic rings. The van der Waals surface area contributed by atoms with Crippen molar-refractivity contribution in [1.29, 1.82) is 0 Å². The minimum absolute atomic E-state index is 0.223. The molecule has 0 atom stereocenters. The third kappa shape index (κ3) is 3.66. The highest BCUT2D eigenvalue weighted by Gasteiger charge is 2.38. The molecule has 0 radical (unpaired) electrons. The van der Waals surface area contributed by atoms with Crippen LogP contribution in [0.4, 0.5) is 5.69 Å². The van der Waals surface area contributed by atoms with Gasteiger partial charge in [-0.05, 0) is 55.8 Å². The molecule has 1 aliphatic heterocycles. The third-order valence-corrected chi connectivity index (χ3v) is 4.74. The van der Waals surface area contributed by atoms with Crippen molar-refractivity contribution in [3.8, 4) is 5.75 Å². The van der Waals surface area contributed by atoms with E-state index in [-0.39, 0.29) is 17.1 Å². The van der Waals surface area contributed by atoms with Gasteiger partial charge in [0.15, 0.2) is 0 Å². The smallest absolute Gasteiger partial charge is 0.340 e. The maximum Gasteiger partial charge on any atom is 0.340 e. The molecule has 0 N–H and O–H groups in total. The second kappa shape index (κ2) is 8.31. The number of amides is 1. The van der Waals surface area contributed by atoms with E-state index >= 15 is 0 Å². The Hall–Kier alpha value is -3.05. The molecule has 5 nitrogen and oxygen atoms in total. The molecule has 1 heterocycles. The summed E-state index contributed by atoms with van der Waals surface area (Å²) >= 11 is 6.23. The first-order valence-electron chi connectivity index (χ1n) is 8.81. The van der Waals surface area contributed by atoms with E-state index in [1.54, 1.807) is 55.5 Å². The lowest BCUT2D eigenvalue weighted by Gasteiger charge is -2.18. The summed E-state index contributed by atoms with van der Waals surface area (Å²) in [7, 11) is 1.29. The van der Waals surface area contributed by atoms with Gasteiger partial charge in [-0.25, -0.2) is 4.79 Å². The molecule has 0 saturated carbocycles. The van der Waals surface area contributed by atoms with Gasteiger partial charge >= 0.3 is 5.97 Å². The van der Waals surface area contributed by atoms with E-state index < -0.39 is 5.97 Å². The SMILES string of the molecule is CCOc1ccc(N2C(=O)/C(=C\c3ccccc3Cl)C(C(=O)OC)=C2C)cc1. The maximum absolute atomic E-state index is 13.2. The zero-order chi connectivity index (χ0) is 20.3. The highest BCUT2D eigenvalue weighted by atomic mass is 35.5. The van der Waals surface area contributed by atoms with Crippen LogP contribution in [-0.4, -0.2) is 25.6 Å². The Morgan fingerprint density at radius 2 is 1.82 bits per heavy atom. The Bertz CT molecular complexity index is 976. The molecule has 144 valence electrons. The van der Waals surface area contributed by atoms with Gasteiger partial charge in [-0.3, -0.25) is 9.69 Å². The Morgan fingerprint density at radius 1 is 1.14 bits per heavy atom. The number of carbonyl (C=O) groups is 2. The number of allylic oxidation sites excluding steroid dienone is 1. The molecule has 0 spiro atoms. The summed E-state index contributed by atoms with van der Waals surface area (Å²) < 4.78 is 10.4. The molecule has 0 fully saturated rings. The highest BCUT2D eigenvalue weighted by Crippen LogP contribution is 2.36. The largest absolute Gasteiger partial charge is 0.494 e. The predicted octanol–water partition coefficient (Wildman–Crippen LogP) is 4.62. The van der Waals surface area contributed by atoms with Crippen LogP contribution in [0.3, 0.4) is 0 Å². The number of hydrogen-bond acceptors (Lipinski definition) is 4. The Labute approximate surface area is 168 Å². The predicted molar refractivity (Wildman–Crippen MR) is 109 cm³/mol. The number of anilines is 1. The van der Waals surface area contributed by atoms with Crippen molar-refractivity contribution in [2.75, 3.05) is 18.6 Å². The van der Waals surface area contributed by atoms with Crippen molar-refractivity contribution in [3.63, 3.8) is 0 Å². The minimum Gasteiger partial charge on any atom is -0.494 e. The first-order valence-corrected chi connectivity index (χ1v) is 9.18. The van der Waals surface area contributed by atoms with Crippen molar-refractivity contribution in [3.05, 3.63) is 76.0 Å². The molecule has 6 heteroatoms. The number of carbonyl (C=O) groups excluding carboxylic acids is 2. The van der Waals surface area contributed by atoms with Crippen molar-refractivity contribution >= 4 is 35.2 Å². The lowest BCUT2D eigenvalue weighted by Crippen LogP contribution is -2.24. The van der Waals surface area contributed by atoms with Crippen LogP contribution in [0.5, 0.6) is 5.75 Å². The number of halogens is 1. The topological polar surface area (TPSA) is 55.8 Å². The summed E-state index contributed by atoms with van der Waals surface area (Å²) in [6.45, 7) is 4.17. The van der Waals surface area contributed by atoms with Gasteiger partial charge in [-0.2, -0.15) is 0 Å². The van der Waals surface area contributed by atoms with Gasteiger partial charge in [0, 0.05) is 16.4 Å². The fourth-order valence-corrected chi connectivity index (χ4v) is 3.29. The molecular weight excluding hydrogens is 378 g/mol. The normalized spacial score (nSPS) is 15.4. The van der Waals surface area contributed by atoms with Crippen LogP contribution < -0.4 is 9.64 Å². The molecule has 3 rings (SSSR count). The van der Waals surface area contributed by atoms with Crippen LogP contribution >= 0.6 is 11.6 Å². The molecule has 0 saturated heterocycles. The number of benzene rings is 2. The molecule has 28 heavy (non-hydrogen) atoms. The zero-order valence-electron chi connectivity index (χ0n) is 15.9. The molecule has 2 aromatic carbocycles. The van der Waals surface area contributed by atoms with E-state index in [4.69, 9.17) is 21.1 Å². The lowest BCUT2D eigenvalue weighted by molar-refractivity contribution is -0.136. The highest BCUT2D eigenvalue weighted by molar-refractivity contribution is 6.32. The Kier molecular flexibility index (Phi) is 5.85. The summed E-state index contributed by atoms with van der Waals surface area (Å²) in [5.74, 6) is -0.181. The van der Waals surface area contributed by atoms with Gasteiger partial charge in [0.25, 0.3) is 5.91 Å². The van der Waals surface area contributed by atoms with E-state index in [0.29, 0.717) is 34.3 Å². The second-order valence-electron chi connectivity index (χ2n) is 6.10. The molecule has 0 aliphatic carbocycles. The van der Waals surface area contributed by atoms with E-state index in [2.05, 4.69) is 0 Å². The number of nitrogens with zero attached hydrogens (tertiary/aromatic N) is 1. The van der Waals surface area contributed by atoms with Crippen LogP contribution in [0.15, 0.2) is 65.4 Å². The third-order valence-electron chi connectivity index (χ3n) is 4.40. The lowest BCUT2D eigenvalue weighted by atomic mass is 10.0. The average molecular weight is 398 g/mol. The number of ether oxygens (including phenoxy) is 2. The average Bonchev–Trinajstić information content (AvgIpc) is 2.94. The number of hydrogen-bond donors (Lipinski definition) is 0. The number of esters is 1. The summed E-state index contributed by atoms with van der Waals surface area (Å²) in [6.07, 6.45) is 1.62. The number of rotatable bonds is 5. The molecule has 0 unspecified atom stereocenters. The van der Waals surface area contributed by atoms with E-state index in [0.717, 1.165) is 0 Å². The summed E-state index contributed by atoms with van der Waals surface area (Å²) in [5, 5.41) is 0.490. The first-order chi connectivity index (χ1) is 13.5. The number of methoxy groups -OCH3 is 1. The van der Waals surface area contributed by atoms with E-state index in [9.17, 15) is 9.59 Å². The zero-order valence-corrected chi connectivity index (χ0v) is 16.6. The van der Waals surface area contributed by atoms with Crippen molar-refractivity contribution in [1.82, 2.24) is 0 Å². The summed E-state index contributed by atoms with van der Waals surface area (Å²) in [5.41, 5.74) is 2.25. The molecule has 0 bridgehead atoms. The minimum atomic E-state index is -0.572. The molecule has 0 aromatic heterocycles. The summed E-state index contributed by atoms with van der Waals surface area (Å²) in [6, 6.07) is 14.3. The van der Waals surface area contributed by atoms with Crippen molar-refractivity contribution < 1.29 is 19.1 Å². The quantitative estimate of drug-likeness (QED) is 0.545. The Morgan fingerprint density at radius 3 is 2.43 bits per heavy atom. The van der Waals surface area contributed by atoms with Gasteiger partial charge in [-0.1, -0.05) is 29.8 Å². The standard InChI is InChI=1S/C22H20ClNO4/c1-4-28-17-11-9-16(10-12-17)24-14(2)20(22(26)27-3)18(21(24)25)13-15-7-5-6-8-19(15)23/h5-13H,4H2,1-3H3/b18-13-. The molecular formula is C22H20ClNO4. The van der Waals surface area contributed by atoms with Gasteiger partial charge in [0.05, 0.1) is 24.9 Å². The second-order valence-corrected chi connectivity index (χ2v) is 6.51. The van der Waals surface area contributed by atoms with Gasteiger partial charge in [0.1, 0.15) is 5.75 Å². The van der Waals surface area contributed by atoms with Crippen molar-refractivity contribution in [2.24, 2.45) is 0 Å². The van der Waals surface area contributed by atoms with Crippen LogP contribution in [0.2, 0.25) is 5.02 Å². The summed E-state index contributed by atoms with van der Waals surface area (Å²) in [4.78, 5) is 27.1. The van der Waals surface area contributed by atoms with Gasteiger partial charge in [-0.15, -0.1) is 0 Å². The van der Waals surface area contributed by atoms with Crippen molar-refractivity contribution in [2.45, 2.75) is 13.8 Å². The van der Waals surface area contributed by atoms with Crippen LogP contribution in [-0.2, 0) is 14.3 Å². The van der Waals surface area contributed by atoms with E-state index in [1.807, 2.05) is 13.0 Å². The van der Waals surface area contributed by atoms with E-state index in [1.165, 1.54) is 12.0 Å². The molecule has 1 aliphatic rings.